The molecule has 0 radical (unpaired) electrons. The van der Waals surface area contributed by atoms with Crippen molar-refractivity contribution in [3.63, 3.8) is 0 Å². The summed E-state index contributed by atoms with van der Waals surface area (Å²) in [6.07, 6.45) is 0. The van der Waals surface area contributed by atoms with Crippen molar-refractivity contribution in [2.24, 2.45) is 0 Å². The van der Waals surface area contributed by atoms with Gasteiger partial charge in [0.2, 0.25) is 5.36 Å². The fraction of sp³-hybridized carbons (Fsp3) is 0.167. The van der Waals surface area contributed by atoms with Crippen LogP contribution in [0.5, 0.6) is 0 Å². The maximum absolute atomic E-state index is 6.09. The number of fused-ring (bicyclic) bond motifs is 1. The number of rotatable bonds is 1. The number of benzene rings is 2. The van der Waals surface area contributed by atoms with Gasteiger partial charge < -0.3 is 4.42 Å². The number of hydrogen-bond donors (Lipinski definition) is 0. The second-order valence-corrected chi connectivity index (χ2v) is 5.81. The summed E-state index contributed by atoms with van der Waals surface area (Å²) in [5.74, 6) is 1.75. The molecule has 0 N–H and O–H groups in total. The van der Waals surface area contributed by atoms with E-state index in [-0.39, 0.29) is 0 Å². The van der Waals surface area contributed by atoms with E-state index in [2.05, 4.69) is 35.8 Å². The lowest BCUT2D eigenvalue weighted by Crippen LogP contribution is -2.21. The first kappa shape index (κ1) is 13.9. The lowest BCUT2D eigenvalue weighted by Gasteiger charge is -2.11. The van der Waals surface area contributed by atoms with Crippen LogP contribution >= 0.6 is 11.6 Å². The third-order valence-corrected chi connectivity index (χ3v) is 3.85. The van der Waals surface area contributed by atoms with Gasteiger partial charge in [-0.25, -0.2) is 4.58 Å². The zero-order chi connectivity index (χ0) is 15.0. The molecule has 2 nitrogen and oxygen atoms in total. The number of hydrogen-bond acceptors (Lipinski definition) is 1. The Kier molecular flexibility index (Phi) is 3.56. The molecule has 1 aromatic rings. The van der Waals surface area contributed by atoms with Gasteiger partial charge >= 0.3 is 0 Å². The molecular formula is C18H17ClNO+. The fourth-order valence-corrected chi connectivity index (χ4v) is 2.50. The molecule has 2 aliphatic rings. The molecule has 1 aromatic carbocycles. The van der Waals surface area contributed by atoms with Crippen molar-refractivity contribution in [2.75, 3.05) is 14.1 Å². The van der Waals surface area contributed by atoms with Gasteiger partial charge in [0.1, 0.15) is 25.6 Å². The molecular weight excluding hydrogens is 282 g/mol. The molecule has 1 aliphatic carbocycles. The normalized spacial score (nSPS) is 10.9. The Balaban J connectivity index is 2.24. The Morgan fingerprint density at radius 3 is 2.29 bits per heavy atom. The van der Waals surface area contributed by atoms with Crippen LogP contribution in [0.1, 0.15) is 5.56 Å². The first-order valence-corrected chi connectivity index (χ1v) is 7.23. The second kappa shape index (κ2) is 5.38. The molecule has 0 saturated heterocycles. The molecule has 0 amide bonds. The van der Waals surface area contributed by atoms with E-state index in [1.807, 2.05) is 38.4 Å². The number of nitrogens with zero attached hydrogens (tertiary/aromatic N) is 1. The molecule has 3 heteroatoms. The summed E-state index contributed by atoms with van der Waals surface area (Å²) in [5, 5.41) is 1.85. The van der Waals surface area contributed by atoms with Crippen LogP contribution < -0.4 is 9.93 Å². The molecule has 3 rings (SSSR count). The lowest BCUT2D eigenvalue weighted by molar-refractivity contribution is 0.577. The van der Waals surface area contributed by atoms with Crippen LogP contribution in [0, 0.1) is 6.92 Å². The summed E-state index contributed by atoms with van der Waals surface area (Å²) in [7, 11) is 4.05. The Bertz CT molecular complexity index is 827. The molecule has 0 spiro atoms. The van der Waals surface area contributed by atoms with E-state index in [0.29, 0.717) is 0 Å². The number of halogens is 1. The third-order valence-electron chi connectivity index (χ3n) is 3.60. The quantitative estimate of drug-likeness (QED) is 0.619. The van der Waals surface area contributed by atoms with Crippen molar-refractivity contribution < 1.29 is 4.42 Å². The van der Waals surface area contributed by atoms with Crippen molar-refractivity contribution in [1.29, 1.82) is 0 Å². The van der Waals surface area contributed by atoms with Crippen molar-refractivity contribution in [3.05, 3.63) is 64.5 Å². The standard InChI is InChI=1S/C18H17ClNO/c1-12-10-17(13-4-6-14(19)7-5-13)21-18-11-15(20(2)3)8-9-16(12)18/h4-11H,1-3H3/q+1. The average molecular weight is 299 g/mol. The molecule has 0 aromatic heterocycles. The Morgan fingerprint density at radius 1 is 0.905 bits per heavy atom. The maximum Gasteiger partial charge on any atom is 0.203 e. The van der Waals surface area contributed by atoms with Crippen LogP contribution in [0.2, 0.25) is 5.02 Å². The summed E-state index contributed by atoms with van der Waals surface area (Å²) < 4.78 is 8.16. The van der Waals surface area contributed by atoms with Crippen LogP contribution in [0.15, 0.2) is 52.9 Å². The van der Waals surface area contributed by atoms with Crippen molar-refractivity contribution >= 4 is 11.6 Å². The van der Waals surface area contributed by atoms with Gasteiger partial charge in [-0.2, -0.15) is 0 Å². The van der Waals surface area contributed by atoms with Crippen LogP contribution in [0.4, 0.5) is 0 Å². The summed E-state index contributed by atoms with van der Waals surface area (Å²) in [5.41, 5.74) is 3.37. The molecule has 106 valence electrons. The van der Waals surface area contributed by atoms with Crippen molar-refractivity contribution in [1.82, 2.24) is 4.58 Å². The van der Waals surface area contributed by atoms with Gasteiger partial charge in [-0.05, 0) is 48.9 Å². The predicted molar refractivity (Wildman–Crippen MR) is 87.6 cm³/mol. The van der Waals surface area contributed by atoms with Crippen LogP contribution in [0.25, 0.3) is 22.6 Å². The van der Waals surface area contributed by atoms with Crippen molar-refractivity contribution in [2.45, 2.75) is 6.92 Å². The first-order chi connectivity index (χ1) is 10.0. The van der Waals surface area contributed by atoms with Gasteiger partial charge in [0, 0.05) is 22.2 Å². The number of aryl methyl sites for hydroxylation is 1. The highest BCUT2D eigenvalue weighted by Crippen LogP contribution is 2.31. The lowest BCUT2D eigenvalue weighted by atomic mass is 10.0. The molecule has 0 atom stereocenters. The van der Waals surface area contributed by atoms with E-state index in [0.717, 1.165) is 33.0 Å². The van der Waals surface area contributed by atoms with Crippen LogP contribution in [-0.2, 0) is 0 Å². The van der Waals surface area contributed by atoms with Gasteiger partial charge in [0.25, 0.3) is 0 Å². The topological polar surface area (TPSA) is 16.1 Å². The van der Waals surface area contributed by atoms with Crippen LogP contribution in [0.3, 0.4) is 0 Å². The zero-order valence-electron chi connectivity index (χ0n) is 12.4. The summed E-state index contributed by atoms with van der Waals surface area (Å²) in [6.45, 7) is 2.10. The van der Waals surface area contributed by atoms with Gasteiger partial charge in [-0.1, -0.05) is 11.6 Å². The summed E-state index contributed by atoms with van der Waals surface area (Å²) >= 11 is 5.94. The molecule has 1 aliphatic heterocycles. The van der Waals surface area contributed by atoms with Gasteiger partial charge in [-0.15, -0.1) is 0 Å². The van der Waals surface area contributed by atoms with E-state index >= 15 is 0 Å². The zero-order valence-corrected chi connectivity index (χ0v) is 13.1. The first-order valence-electron chi connectivity index (χ1n) is 6.85. The minimum Gasteiger partial charge on any atom is -0.456 e. The van der Waals surface area contributed by atoms with E-state index in [4.69, 9.17) is 16.0 Å². The van der Waals surface area contributed by atoms with E-state index in [1.54, 1.807) is 0 Å². The highest BCUT2D eigenvalue weighted by Gasteiger charge is 2.12. The van der Waals surface area contributed by atoms with E-state index in [9.17, 15) is 0 Å². The smallest absolute Gasteiger partial charge is 0.203 e. The maximum atomic E-state index is 6.09. The molecule has 0 bridgehead atoms. The fourth-order valence-electron chi connectivity index (χ4n) is 2.38. The molecule has 0 fully saturated rings. The van der Waals surface area contributed by atoms with E-state index in [1.165, 1.54) is 5.56 Å². The van der Waals surface area contributed by atoms with Gasteiger partial charge in [-0.3, -0.25) is 0 Å². The predicted octanol–water partition coefficient (Wildman–Crippen LogP) is 4.05. The van der Waals surface area contributed by atoms with Crippen molar-refractivity contribution in [3.8, 4) is 22.6 Å². The molecule has 1 heterocycles. The summed E-state index contributed by atoms with van der Waals surface area (Å²) in [4.78, 5) is 0. The molecule has 0 unspecified atom stereocenters. The highest BCUT2D eigenvalue weighted by molar-refractivity contribution is 6.30. The molecule has 0 saturated carbocycles. The Labute approximate surface area is 129 Å². The monoisotopic (exact) mass is 298 g/mol. The van der Waals surface area contributed by atoms with Gasteiger partial charge in [0.15, 0.2) is 0 Å². The van der Waals surface area contributed by atoms with E-state index < -0.39 is 0 Å². The molecule has 21 heavy (non-hydrogen) atoms. The average Bonchev–Trinajstić information content (AvgIpc) is 2.47. The third kappa shape index (κ3) is 2.72. The SMILES string of the molecule is Cc1cc(-c2ccc(Cl)cc2)oc2cc(=[N+](C)C)ccc1-2. The minimum absolute atomic E-state index is 0.728. The Hall–Kier alpha value is -2.06. The summed E-state index contributed by atoms with van der Waals surface area (Å²) in [6, 6.07) is 16.1. The highest BCUT2D eigenvalue weighted by atomic mass is 35.5. The minimum atomic E-state index is 0.728. The van der Waals surface area contributed by atoms with Gasteiger partial charge in [0.05, 0.1) is 6.07 Å². The Morgan fingerprint density at radius 2 is 1.62 bits per heavy atom. The van der Waals surface area contributed by atoms with Crippen LogP contribution in [-0.4, -0.2) is 14.1 Å². The largest absolute Gasteiger partial charge is 0.456 e. The second-order valence-electron chi connectivity index (χ2n) is 5.38.